The molecule has 1 saturated heterocycles. The standard InChI is InChI=1S/C15H30N2/c1-12(2)13(3)10-17-9-5-8-16-15(4,11-17)14-6-7-14/h12-14,16H,5-11H2,1-4H3. The van der Waals surface area contributed by atoms with Gasteiger partial charge in [-0.05, 0) is 57.0 Å². The van der Waals surface area contributed by atoms with E-state index in [1.807, 2.05) is 0 Å². The topological polar surface area (TPSA) is 15.3 Å². The first-order valence-electron chi connectivity index (χ1n) is 7.48. The second-order valence-corrected chi connectivity index (χ2v) is 6.93. The van der Waals surface area contributed by atoms with Crippen LogP contribution in [0.5, 0.6) is 0 Å². The van der Waals surface area contributed by atoms with Gasteiger partial charge in [0.25, 0.3) is 0 Å². The summed E-state index contributed by atoms with van der Waals surface area (Å²) in [5, 5.41) is 3.81. The summed E-state index contributed by atoms with van der Waals surface area (Å²) in [6.45, 7) is 14.6. The lowest BCUT2D eigenvalue weighted by atomic mass is 9.93. The van der Waals surface area contributed by atoms with Crippen molar-refractivity contribution in [2.24, 2.45) is 17.8 Å². The molecule has 100 valence electrons. The van der Waals surface area contributed by atoms with Crippen LogP contribution in [0.3, 0.4) is 0 Å². The quantitative estimate of drug-likeness (QED) is 0.810. The summed E-state index contributed by atoms with van der Waals surface area (Å²) in [5.41, 5.74) is 0.396. The minimum Gasteiger partial charge on any atom is -0.310 e. The van der Waals surface area contributed by atoms with E-state index in [0.29, 0.717) is 5.54 Å². The van der Waals surface area contributed by atoms with Crippen LogP contribution in [-0.2, 0) is 0 Å². The molecule has 2 fully saturated rings. The second kappa shape index (κ2) is 5.27. The molecule has 2 aliphatic rings. The molecule has 1 N–H and O–H groups in total. The fraction of sp³-hybridized carbons (Fsp3) is 1.00. The zero-order chi connectivity index (χ0) is 12.5. The predicted molar refractivity (Wildman–Crippen MR) is 74.2 cm³/mol. The predicted octanol–water partition coefficient (Wildman–Crippen LogP) is 2.74. The van der Waals surface area contributed by atoms with Crippen LogP contribution in [0.25, 0.3) is 0 Å². The van der Waals surface area contributed by atoms with Gasteiger partial charge in [0.05, 0.1) is 0 Å². The molecule has 2 atom stereocenters. The van der Waals surface area contributed by atoms with Crippen LogP contribution in [0, 0.1) is 17.8 Å². The highest BCUT2D eigenvalue weighted by Gasteiger charge is 2.42. The fourth-order valence-corrected chi connectivity index (χ4v) is 3.04. The van der Waals surface area contributed by atoms with Crippen LogP contribution in [-0.4, -0.2) is 36.6 Å². The zero-order valence-corrected chi connectivity index (χ0v) is 12.1. The summed E-state index contributed by atoms with van der Waals surface area (Å²) in [6, 6.07) is 0. The van der Waals surface area contributed by atoms with Crippen molar-refractivity contribution in [2.45, 2.75) is 52.5 Å². The molecule has 2 unspecified atom stereocenters. The van der Waals surface area contributed by atoms with Crippen molar-refractivity contribution in [3.63, 3.8) is 0 Å². The Hall–Kier alpha value is -0.0800. The van der Waals surface area contributed by atoms with Crippen molar-refractivity contribution in [3.05, 3.63) is 0 Å². The van der Waals surface area contributed by atoms with Crippen LogP contribution < -0.4 is 5.32 Å². The summed E-state index contributed by atoms with van der Waals surface area (Å²) in [5.74, 6) is 2.56. The summed E-state index contributed by atoms with van der Waals surface area (Å²) in [6.07, 6.45) is 4.20. The van der Waals surface area contributed by atoms with Crippen molar-refractivity contribution in [2.75, 3.05) is 26.2 Å². The lowest BCUT2D eigenvalue weighted by molar-refractivity contribution is 0.167. The van der Waals surface area contributed by atoms with Crippen molar-refractivity contribution < 1.29 is 0 Å². The van der Waals surface area contributed by atoms with E-state index in [4.69, 9.17) is 0 Å². The van der Waals surface area contributed by atoms with Crippen LogP contribution in [0.15, 0.2) is 0 Å². The maximum absolute atomic E-state index is 3.81. The molecule has 1 heterocycles. The van der Waals surface area contributed by atoms with Crippen LogP contribution in [0.2, 0.25) is 0 Å². The molecule has 0 aromatic heterocycles. The van der Waals surface area contributed by atoms with Gasteiger partial charge in [-0.25, -0.2) is 0 Å². The summed E-state index contributed by atoms with van der Waals surface area (Å²) in [7, 11) is 0. The molecular formula is C15H30N2. The molecule has 1 aliphatic carbocycles. The molecular weight excluding hydrogens is 208 g/mol. The first-order valence-corrected chi connectivity index (χ1v) is 7.48. The van der Waals surface area contributed by atoms with E-state index in [2.05, 4.69) is 37.9 Å². The van der Waals surface area contributed by atoms with Gasteiger partial charge in [0.15, 0.2) is 0 Å². The third kappa shape index (κ3) is 3.45. The molecule has 1 aliphatic heterocycles. The molecule has 1 saturated carbocycles. The van der Waals surface area contributed by atoms with E-state index in [0.717, 1.165) is 17.8 Å². The van der Waals surface area contributed by atoms with E-state index in [1.54, 1.807) is 0 Å². The molecule has 0 radical (unpaired) electrons. The van der Waals surface area contributed by atoms with Crippen molar-refractivity contribution >= 4 is 0 Å². The Morgan fingerprint density at radius 3 is 2.59 bits per heavy atom. The minimum absolute atomic E-state index is 0.396. The number of hydrogen-bond donors (Lipinski definition) is 1. The fourth-order valence-electron chi connectivity index (χ4n) is 3.04. The van der Waals surface area contributed by atoms with Crippen molar-refractivity contribution in [1.82, 2.24) is 10.2 Å². The molecule has 0 amide bonds. The minimum atomic E-state index is 0.396. The van der Waals surface area contributed by atoms with E-state index in [-0.39, 0.29) is 0 Å². The molecule has 2 heteroatoms. The van der Waals surface area contributed by atoms with Crippen LogP contribution in [0.1, 0.15) is 47.0 Å². The number of nitrogens with one attached hydrogen (secondary N) is 1. The third-order valence-corrected chi connectivity index (χ3v) is 4.89. The van der Waals surface area contributed by atoms with E-state index < -0.39 is 0 Å². The lowest BCUT2D eigenvalue weighted by Gasteiger charge is -2.35. The Morgan fingerprint density at radius 1 is 1.29 bits per heavy atom. The van der Waals surface area contributed by atoms with Gasteiger partial charge in [0, 0.05) is 18.6 Å². The SMILES string of the molecule is CC(C)C(C)CN1CCCNC(C)(C2CC2)C1. The molecule has 0 aromatic rings. The lowest BCUT2D eigenvalue weighted by Crippen LogP contribution is -2.51. The summed E-state index contributed by atoms with van der Waals surface area (Å²) < 4.78 is 0. The van der Waals surface area contributed by atoms with Gasteiger partial charge in [-0.1, -0.05) is 20.8 Å². The number of hydrogen-bond acceptors (Lipinski definition) is 2. The van der Waals surface area contributed by atoms with E-state index in [1.165, 1.54) is 45.4 Å². The molecule has 0 spiro atoms. The first-order chi connectivity index (χ1) is 8.01. The van der Waals surface area contributed by atoms with Gasteiger partial charge < -0.3 is 10.2 Å². The van der Waals surface area contributed by atoms with Gasteiger partial charge in [0.1, 0.15) is 0 Å². The Bertz CT molecular complexity index is 247. The average molecular weight is 238 g/mol. The van der Waals surface area contributed by atoms with Gasteiger partial charge in [-0.3, -0.25) is 0 Å². The smallest absolute Gasteiger partial charge is 0.0308 e. The summed E-state index contributed by atoms with van der Waals surface area (Å²) >= 11 is 0. The Kier molecular flexibility index (Phi) is 4.14. The molecule has 2 rings (SSSR count). The zero-order valence-electron chi connectivity index (χ0n) is 12.1. The first kappa shape index (κ1) is 13.4. The van der Waals surface area contributed by atoms with Gasteiger partial charge in [0.2, 0.25) is 0 Å². The Labute approximate surface area is 107 Å². The van der Waals surface area contributed by atoms with Crippen LogP contribution in [0.4, 0.5) is 0 Å². The molecule has 17 heavy (non-hydrogen) atoms. The average Bonchev–Trinajstić information content (AvgIpc) is 3.05. The number of nitrogens with zero attached hydrogens (tertiary/aromatic N) is 1. The van der Waals surface area contributed by atoms with Gasteiger partial charge in [-0.2, -0.15) is 0 Å². The highest BCUT2D eigenvalue weighted by atomic mass is 15.2. The monoisotopic (exact) mass is 238 g/mol. The maximum atomic E-state index is 3.81. The second-order valence-electron chi connectivity index (χ2n) is 6.93. The number of rotatable bonds is 4. The molecule has 0 bridgehead atoms. The third-order valence-electron chi connectivity index (χ3n) is 4.89. The van der Waals surface area contributed by atoms with Crippen molar-refractivity contribution in [3.8, 4) is 0 Å². The normalized spacial score (nSPS) is 33.7. The van der Waals surface area contributed by atoms with E-state index >= 15 is 0 Å². The largest absolute Gasteiger partial charge is 0.310 e. The Morgan fingerprint density at radius 2 is 2.00 bits per heavy atom. The molecule has 2 nitrogen and oxygen atoms in total. The van der Waals surface area contributed by atoms with Gasteiger partial charge in [-0.15, -0.1) is 0 Å². The Balaban J connectivity index is 1.92. The highest BCUT2D eigenvalue weighted by Crippen LogP contribution is 2.40. The maximum Gasteiger partial charge on any atom is 0.0308 e. The highest BCUT2D eigenvalue weighted by molar-refractivity contribution is 5.01. The van der Waals surface area contributed by atoms with Gasteiger partial charge >= 0.3 is 0 Å². The molecule has 0 aromatic carbocycles. The van der Waals surface area contributed by atoms with E-state index in [9.17, 15) is 0 Å². The van der Waals surface area contributed by atoms with Crippen molar-refractivity contribution in [1.29, 1.82) is 0 Å². The summed E-state index contributed by atoms with van der Waals surface area (Å²) in [4.78, 5) is 2.71. The van der Waals surface area contributed by atoms with Crippen LogP contribution >= 0.6 is 0 Å².